The van der Waals surface area contributed by atoms with Crippen LogP contribution in [0.3, 0.4) is 0 Å². The van der Waals surface area contributed by atoms with Crippen LogP contribution in [-0.2, 0) is 29.3 Å². The van der Waals surface area contributed by atoms with E-state index in [0.29, 0.717) is 0 Å². The van der Waals surface area contributed by atoms with Gasteiger partial charge in [0.15, 0.2) is 0 Å². The molecule has 0 N–H and O–H groups in total. The first-order valence-corrected chi connectivity index (χ1v) is 18.7. The van der Waals surface area contributed by atoms with Crippen LogP contribution in [0.1, 0.15) is 167 Å². The quantitative estimate of drug-likeness (QED) is 0.0546. The van der Waals surface area contributed by atoms with Crippen molar-refractivity contribution in [2.75, 3.05) is 0 Å². The molecule has 0 spiro atoms. The third-order valence-electron chi connectivity index (χ3n) is 8.55. The zero-order valence-electron chi connectivity index (χ0n) is 29.5. The van der Waals surface area contributed by atoms with E-state index >= 15 is 0 Å². The van der Waals surface area contributed by atoms with Gasteiger partial charge in [-0.15, -0.1) is 0 Å². The van der Waals surface area contributed by atoms with Gasteiger partial charge in [-0.3, -0.25) is 4.99 Å². The third-order valence-corrected chi connectivity index (χ3v) is 8.55. The van der Waals surface area contributed by atoms with Crippen LogP contribution in [0.25, 0.3) is 0 Å². The van der Waals surface area contributed by atoms with Crippen molar-refractivity contribution in [3.05, 3.63) is 71.8 Å². The van der Waals surface area contributed by atoms with Crippen molar-refractivity contribution in [2.45, 2.75) is 169 Å². The van der Waals surface area contributed by atoms with Crippen LogP contribution in [0, 0.1) is 0 Å². The first-order valence-electron chi connectivity index (χ1n) is 18.7. The summed E-state index contributed by atoms with van der Waals surface area (Å²) in [4.78, 5) is 10.5. The molecule has 3 heteroatoms. The number of nitrogens with zero attached hydrogens (tertiary/aromatic N) is 2. The van der Waals surface area contributed by atoms with Crippen molar-refractivity contribution < 1.29 is 16.5 Å². The first-order chi connectivity index (χ1) is 21.7. The second-order valence-electron chi connectivity index (χ2n) is 12.8. The number of aryl methyl sites for hydroxylation is 2. The largest absolute Gasteiger partial charge is 0.251 e. The minimum Gasteiger partial charge on any atom is -0.251 e. The second kappa shape index (κ2) is 28.3. The molecule has 2 rings (SSSR count). The average Bonchev–Trinajstić information content (AvgIpc) is 3.04. The van der Waals surface area contributed by atoms with Crippen molar-refractivity contribution >= 4 is 22.8 Å². The van der Waals surface area contributed by atoms with Gasteiger partial charge < -0.3 is 0 Å². The third kappa shape index (κ3) is 20.0. The molecule has 2 aromatic carbocycles. The normalized spacial score (nSPS) is 12.2. The molecule has 45 heavy (non-hydrogen) atoms. The van der Waals surface area contributed by atoms with Crippen LogP contribution >= 0.6 is 0 Å². The molecule has 0 fully saturated rings. The van der Waals surface area contributed by atoms with Gasteiger partial charge >= 0.3 is 0 Å². The summed E-state index contributed by atoms with van der Waals surface area (Å²) in [5, 5.41) is 0. The Labute approximate surface area is 289 Å². The van der Waals surface area contributed by atoms with Crippen molar-refractivity contribution in [3.8, 4) is 0 Å². The zero-order chi connectivity index (χ0) is 31.5. The van der Waals surface area contributed by atoms with Crippen LogP contribution < -0.4 is 0 Å². The van der Waals surface area contributed by atoms with Gasteiger partial charge in [-0.1, -0.05) is 154 Å². The molecule has 0 unspecified atom stereocenters. The van der Waals surface area contributed by atoms with Gasteiger partial charge in [-0.2, -0.15) is 0 Å². The topological polar surface area (TPSA) is 24.7 Å². The number of hydrogen-bond acceptors (Lipinski definition) is 2. The van der Waals surface area contributed by atoms with Crippen molar-refractivity contribution in [3.63, 3.8) is 0 Å². The van der Waals surface area contributed by atoms with Crippen LogP contribution in [0.15, 0.2) is 70.7 Å². The van der Waals surface area contributed by atoms with E-state index in [1.807, 2.05) is 0 Å². The summed E-state index contributed by atoms with van der Waals surface area (Å²) in [6.07, 6.45) is 32.7. The maximum Gasteiger partial charge on any atom is 0.0848 e. The Bertz CT molecular complexity index is 1080. The van der Waals surface area contributed by atoms with E-state index < -0.39 is 0 Å². The van der Waals surface area contributed by atoms with Crippen LogP contribution in [0.5, 0.6) is 0 Å². The Morgan fingerprint density at radius 2 is 0.978 bits per heavy atom. The fourth-order valence-corrected chi connectivity index (χ4v) is 5.80. The molecule has 0 saturated carbocycles. The van der Waals surface area contributed by atoms with Gasteiger partial charge in [0.2, 0.25) is 0 Å². The van der Waals surface area contributed by atoms with Gasteiger partial charge in [0.05, 0.1) is 22.8 Å². The van der Waals surface area contributed by atoms with E-state index in [2.05, 4.69) is 88.4 Å². The molecule has 0 aliphatic rings. The summed E-state index contributed by atoms with van der Waals surface area (Å²) in [6, 6.07) is 17.8. The number of rotatable bonds is 26. The smallest absolute Gasteiger partial charge is 0.0848 e. The number of hydrogen-bond donors (Lipinski definition) is 0. The summed E-state index contributed by atoms with van der Waals surface area (Å²) in [6.45, 7) is 9.03. The molecule has 2 nitrogen and oxygen atoms in total. The number of unbranched alkanes of at least 4 members (excludes halogenated alkanes) is 15. The predicted molar refractivity (Wildman–Crippen MR) is 199 cm³/mol. The zero-order valence-corrected chi connectivity index (χ0v) is 30.5. The number of allylic oxidation sites excluding steroid dienone is 2. The van der Waals surface area contributed by atoms with Crippen molar-refractivity contribution in [1.82, 2.24) is 0 Å². The van der Waals surface area contributed by atoms with Gasteiger partial charge in [-0.25, -0.2) is 4.99 Å². The maximum absolute atomic E-state index is 5.25. The Balaban J connectivity index is 0.0000101. The predicted octanol–water partition coefficient (Wildman–Crippen LogP) is 14.1. The summed E-state index contributed by atoms with van der Waals surface area (Å²) in [7, 11) is 0. The van der Waals surface area contributed by atoms with E-state index in [-0.39, 0.29) is 16.5 Å². The van der Waals surface area contributed by atoms with Crippen LogP contribution in [-0.4, -0.2) is 11.4 Å². The summed E-state index contributed by atoms with van der Waals surface area (Å²) in [5.41, 5.74) is 7.03. The molecular formula is C42H66N2Ni. The Kier molecular flexibility index (Phi) is 25.8. The maximum atomic E-state index is 5.25. The minimum atomic E-state index is 0. The standard InChI is InChI=1S/C42H66N2.Ni/c1-5-9-13-15-17-19-21-23-27-37-29-25-31-39(35-37)43-41(33-11-7-3)42(34-12-8-4)44-40-32-26-30-38(36-40)28-24-22-20-18-16-14-10-6-2;/h11,25-26,29-33,35-36H,5-10,12-24,27-28,34H2,1-4H3;. The van der Waals surface area contributed by atoms with E-state index in [1.165, 1.54) is 114 Å². The molecule has 0 aliphatic heterocycles. The molecule has 0 aromatic heterocycles. The number of benzene rings is 2. The van der Waals surface area contributed by atoms with Crippen molar-refractivity contribution in [2.24, 2.45) is 9.98 Å². The molecule has 0 saturated heterocycles. The Morgan fingerprint density at radius 3 is 1.44 bits per heavy atom. The van der Waals surface area contributed by atoms with E-state index in [4.69, 9.17) is 9.98 Å². The summed E-state index contributed by atoms with van der Waals surface area (Å²) >= 11 is 0. The van der Waals surface area contributed by atoms with Crippen LogP contribution in [0.4, 0.5) is 11.4 Å². The molecule has 0 bridgehead atoms. The first kappa shape index (κ1) is 41.0. The van der Waals surface area contributed by atoms with E-state index in [0.717, 1.165) is 61.3 Å². The molecule has 254 valence electrons. The second-order valence-corrected chi connectivity index (χ2v) is 12.8. The Hall–Kier alpha value is -1.99. The monoisotopic (exact) mass is 656 g/mol. The van der Waals surface area contributed by atoms with Gasteiger partial charge in [0, 0.05) is 16.5 Å². The van der Waals surface area contributed by atoms with Gasteiger partial charge in [-0.05, 0) is 86.4 Å². The molecular weight excluding hydrogens is 591 g/mol. The molecule has 2 aromatic rings. The SMILES string of the molecule is CCC=CC(=Nc1cccc(CCCCCCCCCC)c1)C(CCCC)=Nc1cccc(CCCCCCCCCC)c1.[Ni]. The Morgan fingerprint density at radius 1 is 0.533 bits per heavy atom. The summed E-state index contributed by atoms with van der Waals surface area (Å²) < 4.78 is 0. The fourth-order valence-electron chi connectivity index (χ4n) is 5.80. The number of aliphatic imine (C=N–C) groups is 2. The molecule has 0 heterocycles. The van der Waals surface area contributed by atoms with Gasteiger partial charge in [0.1, 0.15) is 0 Å². The van der Waals surface area contributed by atoms with Gasteiger partial charge in [0.25, 0.3) is 0 Å². The summed E-state index contributed by atoms with van der Waals surface area (Å²) in [5.74, 6) is 0. The molecule has 0 aliphatic carbocycles. The fraction of sp³-hybridized carbons (Fsp3) is 0.619. The van der Waals surface area contributed by atoms with E-state index in [1.54, 1.807) is 0 Å². The average molecular weight is 658 g/mol. The van der Waals surface area contributed by atoms with E-state index in [9.17, 15) is 0 Å². The minimum absolute atomic E-state index is 0. The van der Waals surface area contributed by atoms with Crippen molar-refractivity contribution in [1.29, 1.82) is 0 Å². The molecule has 0 radical (unpaired) electrons. The molecule has 0 atom stereocenters. The molecule has 0 amide bonds. The van der Waals surface area contributed by atoms with Crippen LogP contribution in [0.2, 0.25) is 0 Å².